The largest absolute Gasteiger partial charge is 0.497 e. The van der Waals surface area contributed by atoms with Gasteiger partial charge in [-0.15, -0.1) is 11.3 Å². The van der Waals surface area contributed by atoms with E-state index in [2.05, 4.69) is 15.6 Å². The summed E-state index contributed by atoms with van der Waals surface area (Å²) in [5, 5.41) is 7.62. The first-order valence-corrected chi connectivity index (χ1v) is 10.2. The fourth-order valence-corrected chi connectivity index (χ4v) is 3.42. The Bertz CT molecular complexity index is 912. The zero-order valence-electron chi connectivity index (χ0n) is 16.1. The van der Waals surface area contributed by atoms with Crippen molar-refractivity contribution in [2.24, 2.45) is 0 Å². The molecule has 29 heavy (non-hydrogen) atoms. The molecule has 3 aromatic rings. The smallest absolute Gasteiger partial charge is 0.243 e. The SMILES string of the molecule is COc1ccc(CC(=O)NC(Cc2ccccc2)C(=O)NCc2cscn2)cc1. The van der Waals surface area contributed by atoms with Crippen molar-refractivity contribution in [3.8, 4) is 5.75 Å². The number of carbonyl (C=O) groups is 2. The molecule has 2 amide bonds. The van der Waals surface area contributed by atoms with E-state index in [9.17, 15) is 9.59 Å². The third-order valence-corrected chi connectivity index (χ3v) is 5.02. The minimum Gasteiger partial charge on any atom is -0.497 e. The lowest BCUT2D eigenvalue weighted by molar-refractivity contribution is -0.128. The van der Waals surface area contributed by atoms with Crippen LogP contribution < -0.4 is 15.4 Å². The summed E-state index contributed by atoms with van der Waals surface area (Å²) in [5.74, 6) is 0.294. The average Bonchev–Trinajstić information content (AvgIpc) is 3.26. The van der Waals surface area contributed by atoms with Crippen LogP contribution in [0.4, 0.5) is 0 Å². The lowest BCUT2D eigenvalue weighted by Crippen LogP contribution is -2.48. The summed E-state index contributed by atoms with van der Waals surface area (Å²) >= 11 is 1.48. The van der Waals surface area contributed by atoms with Gasteiger partial charge in [-0.1, -0.05) is 42.5 Å². The standard InChI is InChI=1S/C22H23N3O3S/c1-28-19-9-7-17(8-10-19)12-21(26)25-20(11-16-5-3-2-4-6-16)22(27)23-13-18-14-29-15-24-18/h2-10,14-15,20H,11-13H2,1H3,(H,23,27)(H,25,26). The second-order valence-electron chi connectivity index (χ2n) is 6.53. The Kier molecular flexibility index (Phi) is 7.35. The highest BCUT2D eigenvalue weighted by Gasteiger charge is 2.21. The van der Waals surface area contributed by atoms with E-state index < -0.39 is 6.04 Å². The number of ether oxygens (including phenoxy) is 1. The molecule has 1 atom stereocenters. The Morgan fingerprint density at radius 1 is 1.07 bits per heavy atom. The first kappa shape index (κ1) is 20.5. The van der Waals surface area contributed by atoms with Gasteiger partial charge in [0.15, 0.2) is 0 Å². The molecule has 0 saturated heterocycles. The summed E-state index contributed by atoms with van der Waals surface area (Å²) in [5.41, 5.74) is 4.35. The fraction of sp³-hybridized carbons (Fsp3) is 0.227. The van der Waals surface area contributed by atoms with Gasteiger partial charge in [0, 0.05) is 11.8 Å². The highest BCUT2D eigenvalue weighted by molar-refractivity contribution is 7.07. The number of amides is 2. The molecule has 1 unspecified atom stereocenters. The lowest BCUT2D eigenvalue weighted by atomic mass is 10.0. The molecule has 1 aromatic heterocycles. The number of nitrogens with zero attached hydrogens (tertiary/aromatic N) is 1. The van der Waals surface area contributed by atoms with E-state index >= 15 is 0 Å². The Morgan fingerprint density at radius 3 is 2.48 bits per heavy atom. The van der Waals surface area contributed by atoms with Crippen LogP contribution in [0.25, 0.3) is 0 Å². The Hall–Kier alpha value is -3.19. The van der Waals surface area contributed by atoms with Gasteiger partial charge in [-0.05, 0) is 23.3 Å². The Labute approximate surface area is 173 Å². The van der Waals surface area contributed by atoms with Crippen LogP contribution in [0.5, 0.6) is 5.75 Å². The van der Waals surface area contributed by atoms with Gasteiger partial charge in [-0.3, -0.25) is 9.59 Å². The van der Waals surface area contributed by atoms with Gasteiger partial charge >= 0.3 is 0 Å². The van der Waals surface area contributed by atoms with E-state index in [-0.39, 0.29) is 18.2 Å². The number of thiazole rings is 1. The van der Waals surface area contributed by atoms with E-state index in [0.717, 1.165) is 22.6 Å². The van der Waals surface area contributed by atoms with Gasteiger partial charge in [0.25, 0.3) is 0 Å². The normalized spacial score (nSPS) is 11.5. The van der Waals surface area contributed by atoms with E-state index in [0.29, 0.717) is 13.0 Å². The molecule has 1 heterocycles. The molecule has 3 rings (SSSR count). The van der Waals surface area contributed by atoms with E-state index in [4.69, 9.17) is 4.74 Å². The number of aromatic nitrogens is 1. The van der Waals surface area contributed by atoms with Crippen molar-refractivity contribution in [1.29, 1.82) is 0 Å². The molecule has 0 aliphatic carbocycles. The summed E-state index contributed by atoms with van der Waals surface area (Å²) < 4.78 is 5.14. The number of rotatable bonds is 9. The number of carbonyl (C=O) groups excluding carboxylic acids is 2. The number of hydrogen-bond donors (Lipinski definition) is 2. The predicted molar refractivity (Wildman–Crippen MR) is 113 cm³/mol. The second-order valence-corrected chi connectivity index (χ2v) is 7.25. The molecular formula is C22H23N3O3S. The quantitative estimate of drug-likeness (QED) is 0.570. The van der Waals surface area contributed by atoms with Crippen molar-refractivity contribution in [2.45, 2.75) is 25.4 Å². The zero-order chi connectivity index (χ0) is 20.5. The van der Waals surface area contributed by atoms with Gasteiger partial charge in [0.1, 0.15) is 11.8 Å². The minimum absolute atomic E-state index is 0.189. The molecule has 7 heteroatoms. The molecule has 0 fully saturated rings. The summed E-state index contributed by atoms with van der Waals surface area (Å²) in [6, 6.07) is 16.3. The van der Waals surface area contributed by atoms with Crippen molar-refractivity contribution >= 4 is 23.2 Å². The van der Waals surface area contributed by atoms with Crippen LogP contribution in [-0.2, 0) is 29.0 Å². The molecule has 0 saturated carbocycles. The van der Waals surface area contributed by atoms with E-state index in [1.165, 1.54) is 11.3 Å². The van der Waals surface area contributed by atoms with Gasteiger partial charge in [0.2, 0.25) is 11.8 Å². The molecule has 0 aliphatic heterocycles. The maximum atomic E-state index is 12.7. The summed E-state index contributed by atoms with van der Waals surface area (Å²) in [6.07, 6.45) is 0.604. The first-order valence-electron chi connectivity index (χ1n) is 9.25. The number of hydrogen-bond acceptors (Lipinski definition) is 5. The number of benzene rings is 2. The molecule has 150 valence electrons. The van der Waals surface area contributed by atoms with Crippen LogP contribution >= 0.6 is 11.3 Å². The molecular weight excluding hydrogens is 386 g/mol. The highest BCUT2D eigenvalue weighted by Crippen LogP contribution is 2.12. The van der Waals surface area contributed by atoms with E-state index in [1.807, 2.05) is 60.0 Å². The highest BCUT2D eigenvalue weighted by atomic mass is 32.1. The average molecular weight is 410 g/mol. The monoisotopic (exact) mass is 409 g/mol. The van der Waals surface area contributed by atoms with Gasteiger partial charge < -0.3 is 15.4 Å². The Balaban J connectivity index is 1.64. The van der Waals surface area contributed by atoms with Crippen LogP contribution in [-0.4, -0.2) is 29.9 Å². The van der Waals surface area contributed by atoms with Crippen LogP contribution in [0.1, 0.15) is 16.8 Å². The van der Waals surface area contributed by atoms with Crippen molar-refractivity contribution in [2.75, 3.05) is 7.11 Å². The van der Waals surface area contributed by atoms with Gasteiger partial charge in [-0.25, -0.2) is 4.98 Å². The zero-order valence-corrected chi connectivity index (χ0v) is 16.9. The van der Waals surface area contributed by atoms with Crippen LogP contribution in [0, 0.1) is 0 Å². The van der Waals surface area contributed by atoms with Crippen molar-refractivity contribution in [3.05, 3.63) is 82.3 Å². The van der Waals surface area contributed by atoms with Crippen LogP contribution in [0.3, 0.4) is 0 Å². The molecule has 0 radical (unpaired) electrons. The fourth-order valence-electron chi connectivity index (χ4n) is 2.86. The lowest BCUT2D eigenvalue weighted by Gasteiger charge is -2.18. The van der Waals surface area contributed by atoms with Gasteiger partial charge in [0.05, 0.1) is 31.3 Å². The summed E-state index contributed by atoms with van der Waals surface area (Å²) in [6.45, 7) is 0.335. The first-order chi connectivity index (χ1) is 14.1. The maximum absolute atomic E-state index is 12.7. The predicted octanol–water partition coefficient (Wildman–Crippen LogP) is 2.74. The second kappa shape index (κ2) is 10.4. The van der Waals surface area contributed by atoms with Crippen LogP contribution in [0.15, 0.2) is 65.5 Å². The van der Waals surface area contributed by atoms with Crippen molar-refractivity contribution < 1.29 is 14.3 Å². The molecule has 2 N–H and O–H groups in total. The maximum Gasteiger partial charge on any atom is 0.243 e. The van der Waals surface area contributed by atoms with E-state index in [1.54, 1.807) is 12.6 Å². The number of methoxy groups -OCH3 is 1. The molecule has 0 spiro atoms. The van der Waals surface area contributed by atoms with Crippen molar-refractivity contribution in [3.63, 3.8) is 0 Å². The van der Waals surface area contributed by atoms with Crippen LogP contribution in [0.2, 0.25) is 0 Å². The third-order valence-electron chi connectivity index (χ3n) is 4.39. The minimum atomic E-state index is -0.665. The Morgan fingerprint density at radius 2 is 1.83 bits per heavy atom. The van der Waals surface area contributed by atoms with Gasteiger partial charge in [-0.2, -0.15) is 0 Å². The molecule has 0 aliphatic rings. The van der Waals surface area contributed by atoms with Crippen molar-refractivity contribution in [1.82, 2.24) is 15.6 Å². The molecule has 6 nitrogen and oxygen atoms in total. The topological polar surface area (TPSA) is 80.3 Å². The molecule has 0 bridgehead atoms. The summed E-state index contributed by atoms with van der Waals surface area (Å²) in [7, 11) is 1.60. The third kappa shape index (κ3) is 6.43. The number of nitrogens with one attached hydrogen (secondary N) is 2. The summed E-state index contributed by atoms with van der Waals surface area (Å²) in [4.78, 5) is 29.5. The molecule has 2 aromatic carbocycles.